The number of rotatable bonds is 5. The van der Waals surface area contributed by atoms with Crippen molar-refractivity contribution in [2.45, 2.75) is 6.54 Å². The van der Waals surface area contributed by atoms with Gasteiger partial charge in [-0.05, 0) is 54.1 Å². The van der Waals surface area contributed by atoms with Gasteiger partial charge in [-0.15, -0.1) is 0 Å². The van der Waals surface area contributed by atoms with Crippen molar-refractivity contribution in [1.29, 1.82) is 0 Å². The summed E-state index contributed by atoms with van der Waals surface area (Å²) in [6, 6.07) is 21.8. The van der Waals surface area contributed by atoms with E-state index < -0.39 is 0 Å². The van der Waals surface area contributed by atoms with E-state index in [0.29, 0.717) is 17.7 Å². The topological polar surface area (TPSA) is 49.4 Å². The summed E-state index contributed by atoms with van der Waals surface area (Å²) in [6.07, 6.45) is 0. The fraction of sp³-hybridized carbons (Fsp3) is 0.0909. The molecule has 0 atom stereocenters. The van der Waals surface area contributed by atoms with Gasteiger partial charge in [0.25, 0.3) is 11.8 Å². The maximum atomic E-state index is 12.9. The number of halogens is 1. The van der Waals surface area contributed by atoms with Crippen LogP contribution in [0.5, 0.6) is 0 Å². The molecule has 1 N–H and O–H groups in total. The summed E-state index contributed by atoms with van der Waals surface area (Å²) in [5.74, 6) is -0.722. The molecule has 0 radical (unpaired) electrons. The summed E-state index contributed by atoms with van der Waals surface area (Å²) in [6.45, 7) is 0.302. The van der Waals surface area contributed by atoms with Crippen molar-refractivity contribution < 1.29 is 14.0 Å². The normalized spacial score (nSPS) is 10.3. The maximum absolute atomic E-state index is 12.9. The molecule has 27 heavy (non-hydrogen) atoms. The number of amides is 2. The van der Waals surface area contributed by atoms with Crippen LogP contribution in [-0.2, 0) is 6.54 Å². The highest BCUT2D eigenvalue weighted by molar-refractivity contribution is 6.06. The highest BCUT2D eigenvalue weighted by atomic mass is 19.1. The fourth-order valence-corrected chi connectivity index (χ4v) is 2.61. The quantitative estimate of drug-likeness (QED) is 0.745. The van der Waals surface area contributed by atoms with Crippen LogP contribution in [0.25, 0.3) is 0 Å². The summed E-state index contributed by atoms with van der Waals surface area (Å²) in [7, 11) is 1.71. The summed E-state index contributed by atoms with van der Waals surface area (Å²) in [5.41, 5.74) is 2.55. The van der Waals surface area contributed by atoms with E-state index in [4.69, 9.17) is 0 Å². The van der Waals surface area contributed by atoms with E-state index >= 15 is 0 Å². The van der Waals surface area contributed by atoms with Crippen LogP contribution in [0.1, 0.15) is 26.3 Å². The van der Waals surface area contributed by atoms with E-state index in [0.717, 1.165) is 11.3 Å². The first-order chi connectivity index (χ1) is 13.0. The second kappa shape index (κ2) is 8.27. The fourth-order valence-electron chi connectivity index (χ4n) is 2.61. The third kappa shape index (κ3) is 4.58. The third-order valence-electron chi connectivity index (χ3n) is 4.21. The second-order valence-corrected chi connectivity index (χ2v) is 6.09. The molecule has 0 saturated carbocycles. The lowest BCUT2D eigenvalue weighted by Crippen LogP contribution is -2.26. The Kier molecular flexibility index (Phi) is 5.61. The number of hydrogen-bond acceptors (Lipinski definition) is 2. The monoisotopic (exact) mass is 362 g/mol. The van der Waals surface area contributed by atoms with Crippen LogP contribution in [0.2, 0.25) is 0 Å². The molecule has 0 aliphatic carbocycles. The van der Waals surface area contributed by atoms with Crippen LogP contribution in [0.4, 0.5) is 10.1 Å². The number of para-hydroxylation sites is 1. The van der Waals surface area contributed by atoms with Gasteiger partial charge in [-0.2, -0.15) is 0 Å². The number of nitrogens with one attached hydrogen (secondary N) is 1. The van der Waals surface area contributed by atoms with Crippen molar-refractivity contribution in [2.24, 2.45) is 0 Å². The highest BCUT2D eigenvalue weighted by Gasteiger charge is 2.14. The molecular formula is C22H19FN2O2. The molecule has 136 valence electrons. The van der Waals surface area contributed by atoms with Gasteiger partial charge in [-0.3, -0.25) is 9.59 Å². The average molecular weight is 362 g/mol. The summed E-state index contributed by atoms with van der Waals surface area (Å²) in [5, 5.41) is 2.78. The van der Waals surface area contributed by atoms with Gasteiger partial charge in [0, 0.05) is 30.4 Å². The number of benzene rings is 3. The van der Waals surface area contributed by atoms with Crippen LogP contribution < -0.4 is 10.2 Å². The molecule has 3 aromatic carbocycles. The SMILES string of the molecule is CN(C(=O)c1ccc(C(=O)NCc2ccc(F)cc2)cc1)c1ccccc1. The van der Waals surface area contributed by atoms with Crippen molar-refractivity contribution in [2.75, 3.05) is 11.9 Å². The Morgan fingerprint density at radius 1 is 0.852 bits per heavy atom. The van der Waals surface area contributed by atoms with Gasteiger partial charge in [0.15, 0.2) is 0 Å². The van der Waals surface area contributed by atoms with Crippen LogP contribution in [0.3, 0.4) is 0 Å². The van der Waals surface area contributed by atoms with E-state index in [9.17, 15) is 14.0 Å². The molecule has 3 aromatic rings. The molecular weight excluding hydrogens is 343 g/mol. The van der Waals surface area contributed by atoms with Crippen molar-refractivity contribution in [3.63, 3.8) is 0 Å². The zero-order valence-corrected chi connectivity index (χ0v) is 14.9. The van der Waals surface area contributed by atoms with Gasteiger partial charge < -0.3 is 10.2 Å². The zero-order valence-electron chi connectivity index (χ0n) is 14.9. The van der Waals surface area contributed by atoms with Gasteiger partial charge in [0.2, 0.25) is 0 Å². The van der Waals surface area contributed by atoms with Crippen LogP contribution in [-0.4, -0.2) is 18.9 Å². The smallest absolute Gasteiger partial charge is 0.258 e. The molecule has 0 spiro atoms. The Morgan fingerprint density at radius 2 is 1.44 bits per heavy atom. The lowest BCUT2D eigenvalue weighted by Gasteiger charge is -2.17. The number of anilines is 1. The van der Waals surface area contributed by atoms with E-state index in [1.165, 1.54) is 12.1 Å². The molecule has 0 unspecified atom stereocenters. The van der Waals surface area contributed by atoms with Crippen LogP contribution in [0, 0.1) is 5.82 Å². The molecule has 0 aliphatic heterocycles. The minimum absolute atomic E-state index is 0.153. The molecule has 2 amide bonds. The molecule has 5 heteroatoms. The van der Waals surface area contributed by atoms with Gasteiger partial charge >= 0.3 is 0 Å². The predicted molar refractivity (Wildman–Crippen MR) is 103 cm³/mol. The highest BCUT2D eigenvalue weighted by Crippen LogP contribution is 2.15. The molecule has 4 nitrogen and oxygen atoms in total. The van der Waals surface area contributed by atoms with Gasteiger partial charge in [-0.25, -0.2) is 4.39 Å². The summed E-state index contributed by atoms with van der Waals surface area (Å²) in [4.78, 5) is 26.4. The van der Waals surface area contributed by atoms with Crippen molar-refractivity contribution in [1.82, 2.24) is 5.32 Å². The Balaban J connectivity index is 1.63. The van der Waals surface area contributed by atoms with Gasteiger partial charge in [-0.1, -0.05) is 30.3 Å². The Labute approximate surface area is 157 Å². The average Bonchev–Trinajstić information content (AvgIpc) is 2.73. The lowest BCUT2D eigenvalue weighted by molar-refractivity contribution is 0.0948. The van der Waals surface area contributed by atoms with Crippen LogP contribution >= 0.6 is 0 Å². The molecule has 0 fully saturated rings. The van der Waals surface area contributed by atoms with E-state index in [-0.39, 0.29) is 17.6 Å². The summed E-state index contributed by atoms with van der Waals surface area (Å²) >= 11 is 0. The minimum atomic E-state index is -0.314. The van der Waals surface area contributed by atoms with Crippen molar-refractivity contribution in [3.8, 4) is 0 Å². The molecule has 0 aromatic heterocycles. The standard InChI is InChI=1S/C22H19FN2O2/c1-25(20-5-3-2-4-6-20)22(27)18-11-9-17(10-12-18)21(26)24-15-16-7-13-19(23)14-8-16/h2-14H,15H2,1H3,(H,24,26). The number of hydrogen-bond donors (Lipinski definition) is 1. The number of nitrogens with zero attached hydrogens (tertiary/aromatic N) is 1. The minimum Gasteiger partial charge on any atom is -0.348 e. The zero-order chi connectivity index (χ0) is 19.2. The molecule has 0 bridgehead atoms. The predicted octanol–water partition coefficient (Wildman–Crippen LogP) is 4.03. The third-order valence-corrected chi connectivity index (χ3v) is 4.21. The van der Waals surface area contributed by atoms with Gasteiger partial charge in [0.05, 0.1) is 0 Å². The molecule has 0 heterocycles. The number of carbonyl (C=O) groups is 2. The first kappa shape index (κ1) is 18.3. The maximum Gasteiger partial charge on any atom is 0.258 e. The number of carbonyl (C=O) groups excluding carboxylic acids is 2. The van der Waals surface area contributed by atoms with Crippen molar-refractivity contribution >= 4 is 17.5 Å². The Hall–Kier alpha value is -3.47. The molecule has 0 saturated heterocycles. The Morgan fingerprint density at radius 3 is 2.07 bits per heavy atom. The van der Waals surface area contributed by atoms with Gasteiger partial charge in [0.1, 0.15) is 5.82 Å². The second-order valence-electron chi connectivity index (χ2n) is 6.09. The lowest BCUT2D eigenvalue weighted by atomic mass is 10.1. The first-order valence-corrected chi connectivity index (χ1v) is 8.50. The van der Waals surface area contributed by atoms with E-state index in [2.05, 4.69) is 5.32 Å². The molecule has 0 aliphatic rings. The largest absolute Gasteiger partial charge is 0.348 e. The van der Waals surface area contributed by atoms with Crippen LogP contribution in [0.15, 0.2) is 78.9 Å². The van der Waals surface area contributed by atoms with E-state index in [1.807, 2.05) is 30.3 Å². The molecule has 3 rings (SSSR count). The Bertz CT molecular complexity index is 923. The first-order valence-electron chi connectivity index (χ1n) is 8.50. The van der Waals surface area contributed by atoms with E-state index in [1.54, 1.807) is 48.3 Å². The van der Waals surface area contributed by atoms with Crippen molar-refractivity contribution in [3.05, 3.63) is 101 Å². The summed E-state index contributed by atoms with van der Waals surface area (Å²) < 4.78 is 12.9.